The first-order valence-corrected chi connectivity index (χ1v) is 8.20. The van der Waals surface area contributed by atoms with E-state index in [2.05, 4.69) is 0 Å². The molecule has 2 heterocycles. The Morgan fingerprint density at radius 1 is 0.615 bits per heavy atom. The lowest BCUT2D eigenvalue weighted by Crippen LogP contribution is -2.01. The number of fused-ring (bicyclic) bond motifs is 2. The highest BCUT2D eigenvalue weighted by Gasteiger charge is 2.34. The Balaban J connectivity index is 1.69. The van der Waals surface area contributed by atoms with Gasteiger partial charge in [-0.3, -0.25) is 0 Å². The van der Waals surface area contributed by atoms with Crippen molar-refractivity contribution in [2.45, 2.75) is 0 Å². The fourth-order valence-electron chi connectivity index (χ4n) is 3.37. The van der Waals surface area contributed by atoms with E-state index in [0.717, 1.165) is 16.3 Å². The van der Waals surface area contributed by atoms with Crippen LogP contribution in [0.4, 0.5) is 0 Å². The number of carbonyl (C=O) groups excluding carboxylic acids is 2. The molecule has 3 aromatic carbocycles. The maximum atomic E-state index is 12.5. The highest BCUT2D eigenvalue weighted by molar-refractivity contribution is 6.13. The van der Waals surface area contributed by atoms with Crippen LogP contribution in [0.25, 0.3) is 22.3 Å². The zero-order valence-electron chi connectivity index (χ0n) is 13.6. The predicted octanol–water partition coefficient (Wildman–Crippen LogP) is 4.32. The van der Waals surface area contributed by atoms with Gasteiger partial charge in [0.25, 0.3) is 0 Å². The lowest BCUT2D eigenvalue weighted by molar-refractivity contribution is -0.130. The minimum absolute atomic E-state index is 0.255. The number of hydrogen-bond donors (Lipinski definition) is 0. The second-order valence-corrected chi connectivity index (χ2v) is 6.10. The molecule has 0 aliphatic carbocycles. The normalized spacial score (nSPS) is 18.5. The smallest absolute Gasteiger partial charge is 0.347 e. The summed E-state index contributed by atoms with van der Waals surface area (Å²) in [6.45, 7) is 0. The lowest BCUT2D eigenvalue weighted by atomic mass is 10.0. The number of cyclic esters (lactones) is 2. The molecule has 124 valence electrons. The van der Waals surface area contributed by atoms with E-state index in [1.54, 1.807) is 30.3 Å². The first-order valence-electron chi connectivity index (χ1n) is 8.20. The summed E-state index contributed by atoms with van der Waals surface area (Å²) in [7, 11) is 0. The molecular formula is C22H12O4. The third-order valence-electron chi connectivity index (χ3n) is 4.58. The van der Waals surface area contributed by atoms with Crippen LogP contribution < -0.4 is 0 Å². The summed E-state index contributed by atoms with van der Waals surface area (Å²) in [6, 6.07) is 20.7. The quantitative estimate of drug-likeness (QED) is 0.489. The number of ether oxygens (including phenoxy) is 2. The van der Waals surface area contributed by atoms with E-state index in [-0.39, 0.29) is 11.3 Å². The first-order chi connectivity index (χ1) is 12.7. The molecule has 0 saturated heterocycles. The van der Waals surface area contributed by atoms with E-state index in [0.29, 0.717) is 16.9 Å². The van der Waals surface area contributed by atoms with Crippen LogP contribution in [0.5, 0.6) is 0 Å². The second-order valence-electron chi connectivity index (χ2n) is 6.10. The van der Waals surface area contributed by atoms with Crippen molar-refractivity contribution in [3.63, 3.8) is 0 Å². The molecule has 0 radical (unpaired) electrons. The van der Waals surface area contributed by atoms with Gasteiger partial charge in [-0.1, -0.05) is 60.7 Å². The molecule has 2 aliphatic rings. The molecule has 0 unspecified atom stereocenters. The Kier molecular flexibility index (Phi) is 3.06. The molecule has 0 fully saturated rings. The zero-order chi connectivity index (χ0) is 17.7. The molecule has 0 saturated carbocycles. The molecule has 0 aromatic heterocycles. The van der Waals surface area contributed by atoms with Crippen LogP contribution in [0.2, 0.25) is 0 Å². The summed E-state index contributed by atoms with van der Waals surface area (Å²) in [4.78, 5) is 24.5. The van der Waals surface area contributed by atoms with Gasteiger partial charge in [-0.15, -0.1) is 0 Å². The third-order valence-corrected chi connectivity index (χ3v) is 4.58. The van der Waals surface area contributed by atoms with Crippen molar-refractivity contribution in [3.05, 3.63) is 95.1 Å². The molecule has 0 atom stereocenters. The van der Waals surface area contributed by atoms with Crippen molar-refractivity contribution >= 4 is 34.2 Å². The maximum Gasteiger partial charge on any atom is 0.347 e. The van der Waals surface area contributed by atoms with E-state index < -0.39 is 11.9 Å². The number of rotatable bonds is 1. The van der Waals surface area contributed by atoms with Crippen molar-refractivity contribution in [1.82, 2.24) is 0 Å². The minimum Gasteiger partial charge on any atom is -0.422 e. The minimum atomic E-state index is -0.521. The van der Waals surface area contributed by atoms with E-state index in [1.165, 1.54) is 0 Å². The number of esters is 2. The number of carbonyl (C=O) groups is 2. The van der Waals surface area contributed by atoms with Crippen LogP contribution in [-0.2, 0) is 14.3 Å². The van der Waals surface area contributed by atoms with Crippen molar-refractivity contribution in [2.24, 2.45) is 0 Å². The first kappa shape index (κ1) is 14.7. The molecule has 0 amide bonds. The largest absolute Gasteiger partial charge is 0.422 e. The van der Waals surface area contributed by atoms with E-state index in [4.69, 9.17) is 9.47 Å². The molecule has 4 nitrogen and oxygen atoms in total. The molecule has 2 aliphatic heterocycles. The van der Waals surface area contributed by atoms with E-state index in [1.807, 2.05) is 42.5 Å². The fraction of sp³-hybridized carbons (Fsp3) is 0. The van der Waals surface area contributed by atoms with Crippen LogP contribution in [0, 0.1) is 0 Å². The van der Waals surface area contributed by atoms with Gasteiger partial charge in [0.2, 0.25) is 0 Å². The Labute approximate surface area is 149 Å². The molecule has 3 aromatic rings. The molecular weight excluding hydrogens is 328 g/mol. The summed E-state index contributed by atoms with van der Waals surface area (Å²) in [5.74, 6) is -0.268. The van der Waals surface area contributed by atoms with Gasteiger partial charge in [0.1, 0.15) is 11.3 Å². The molecule has 0 bridgehead atoms. The summed E-state index contributed by atoms with van der Waals surface area (Å²) in [6.07, 6.45) is 1.65. The molecule has 0 spiro atoms. The number of hydrogen-bond acceptors (Lipinski definition) is 4. The van der Waals surface area contributed by atoms with Gasteiger partial charge in [-0.05, 0) is 22.9 Å². The molecule has 0 N–H and O–H groups in total. The van der Waals surface area contributed by atoms with Gasteiger partial charge in [0.05, 0.1) is 5.56 Å². The van der Waals surface area contributed by atoms with Gasteiger partial charge in [-0.2, -0.15) is 0 Å². The van der Waals surface area contributed by atoms with E-state index in [9.17, 15) is 9.59 Å². The van der Waals surface area contributed by atoms with Crippen molar-refractivity contribution < 1.29 is 19.1 Å². The Morgan fingerprint density at radius 2 is 1.31 bits per heavy atom. The standard InChI is InChI=1S/C22H12O4/c23-21-17-10-4-3-9-16(17)20(26-21)18-12-19(25-22(18)24)15-11-5-7-13-6-1-2-8-14(13)15/h1-12H/b20-18+. The Morgan fingerprint density at radius 3 is 2.19 bits per heavy atom. The summed E-state index contributed by atoms with van der Waals surface area (Å²) in [5.41, 5.74) is 2.14. The summed E-state index contributed by atoms with van der Waals surface area (Å²) in [5, 5.41) is 2.05. The van der Waals surface area contributed by atoms with Crippen LogP contribution in [-0.4, -0.2) is 11.9 Å². The van der Waals surface area contributed by atoms with Gasteiger partial charge >= 0.3 is 11.9 Å². The van der Waals surface area contributed by atoms with Crippen molar-refractivity contribution in [2.75, 3.05) is 0 Å². The maximum absolute atomic E-state index is 12.5. The van der Waals surface area contributed by atoms with Gasteiger partial charge in [-0.25, -0.2) is 9.59 Å². The highest BCUT2D eigenvalue weighted by atomic mass is 16.6. The van der Waals surface area contributed by atoms with Gasteiger partial charge in [0, 0.05) is 11.1 Å². The van der Waals surface area contributed by atoms with Crippen molar-refractivity contribution in [1.29, 1.82) is 0 Å². The monoisotopic (exact) mass is 340 g/mol. The van der Waals surface area contributed by atoms with Crippen LogP contribution >= 0.6 is 0 Å². The molecule has 26 heavy (non-hydrogen) atoms. The Hall–Kier alpha value is -3.66. The predicted molar refractivity (Wildman–Crippen MR) is 96.8 cm³/mol. The molecule has 4 heteroatoms. The molecule has 5 rings (SSSR count). The Bertz CT molecular complexity index is 1160. The third kappa shape index (κ3) is 2.09. The fourth-order valence-corrected chi connectivity index (χ4v) is 3.37. The highest BCUT2D eigenvalue weighted by Crippen LogP contribution is 2.38. The summed E-state index contributed by atoms with van der Waals surface area (Å²) >= 11 is 0. The van der Waals surface area contributed by atoms with Crippen LogP contribution in [0.15, 0.2) is 78.4 Å². The summed E-state index contributed by atoms with van der Waals surface area (Å²) < 4.78 is 10.9. The number of benzene rings is 3. The van der Waals surface area contributed by atoms with Crippen LogP contribution in [0.1, 0.15) is 21.5 Å². The van der Waals surface area contributed by atoms with Gasteiger partial charge in [0.15, 0.2) is 5.76 Å². The lowest BCUT2D eigenvalue weighted by Gasteiger charge is -2.06. The average molecular weight is 340 g/mol. The van der Waals surface area contributed by atoms with Crippen LogP contribution in [0.3, 0.4) is 0 Å². The zero-order valence-corrected chi connectivity index (χ0v) is 13.6. The van der Waals surface area contributed by atoms with Gasteiger partial charge < -0.3 is 9.47 Å². The van der Waals surface area contributed by atoms with E-state index >= 15 is 0 Å². The topological polar surface area (TPSA) is 52.6 Å². The average Bonchev–Trinajstić information content (AvgIpc) is 3.22. The van der Waals surface area contributed by atoms with Crippen molar-refractivity contribution in [3.8, 4) is 0 Å². The SMILES string of the molecule is O=C1OC(c2cccc3ccccc23)=C/C1=C1\OC(=O)c2ccccc21. The second kappa shape index (κ2) is 5.43.